The van der Waals surface area contributed by atoms with E-state index in [0.717, 1.165) is 10.2 Å². The summed E-state index contributed by atoms with van der Waals surface area (Å²) in [4.78, 5) is 12.4. The normalized spacial score (nSPS) is 10.6. The van der Waals surface area contributed by atoms with Gasteiger partial charge >= 0.3 is 5.56 Å². The van der Waals surface area contributed by atoms with Gasteiger partial charge in [-0.1, -0.05) is 65.3 Å². The lowest BCUT2D eigenvalue weighted by atomic mass is 10.2. The summed E-state index contributed by atoms with van der Waals surface area (Å²) >= 11 is 13.5. The molecule has 6 nitrogen and oxygen atoms in total. The predicted octanol–water partition coefficient (Wildman–Crippen LogP) is 3.69. The topological polar surface area (TPSA) is 85.8 Å². The molecule has 0 aliphatic heterocycles. The Bertz CT molecular complexity index is 963. The summed E-state index contributed by atoms with van der Waals surface area (Å²) < 4.78 is 0.952. The van der Waals surface area contributed by atoms with Crippen molar-refractivity contribution in [3.63, 3.8) is 0 Å². The van der Waals surface area contributed by atoms with Crippen molar-refractivity contribution in [3.8, 4) is 0 Å². The third-order valence-corrected chi connectivity index (χ3v) is 4.99. The van der Waals surface area contributed by atoms with Crippen molar-refractivity contribution in [2.75, 3.05) is 11.2 Å². The van der Waals surface area contributed by atoms with E-state index in [1.807, 2.05) is 18.2 Å². The third-order valence-electron chi connectivity index (χ3n) is 3.30. The lowest BCUT2D eigenvalue weighted by Gasteiger charge is -2.10. The second kappa shape index (κ2) is 7.77. The molecule has 3 N–H and O–H groups in total. The van der Waals surface area contributed by atoms with Crippen molar-refractivity contribution in [1.82, 2.24) is 14.9 Å². The van der Waals surface area contributed by atoms with Crippen LogP contribution in [0.5, 0.6) is 0 Å². The number of aromatic nitrogens is 3. The van der Waals surface area contributed by atoms with Gasteiger partial charge in [0, 0.05) is 10.8 Å². The Morgan fingerprint density at radius 1 is 1.04 bits per heavy atom. The molecule has 0 fully saturated rings. The average molecular weight is 394 g/mol. The summed E-state index contributed by atoms with van der Waals surface area (Å²) in [7, 11) is 0. The van der Waals surface area contributed by atoms with Gasteiger partial charge < -0.3 is 11.2 Å². The molecule has 9 heteroatoms. The van der Waals surface area contributed by atoms with Gasteiger partial charge in [-0.3, -0.25) is 4.79 Å². The summed E-state index contributed by atoms with van der Waals surface area (Å²) in [6, 6.07) is 14.4. The van der Waals surface area contributed by atoms with Crippen molar-refractivity contribution >= 4 is 46.5 Å². The number of anilines is 2. The largest absolute Gasteiger partial charge is 0.334 e. The minimum absolute atomic E-state index is 0.00214. The Kier molecular flexibility index (Phi) is 5.47. The number of benzene rings is 2. The van der Waals surface area contributed by atoms with E-state index in [2.05, 4.69) is 15.5 Å². The van der Waals surface area contributed by atoms with Crippen molar-refractivity contribution < 1.29 is 0 Å². The van der Waals surface area contributed by atoms with Crippen LogP contribution < -0.4 is 16.7 Å². The summed E-state index contributed by atoms with van der Waals surface area (Å²) in [6.45, 7) is 0. The van der Waals surface area contributed by atoms with E-state index in [1.54, 1.807) is 30.3 Å². The van der Waals surface area contributed by atoms with Crippen LogP contribution in [-0.2, 0) is 5.75 Å². The molecule has 0 radical (unpaired) electrons. The Hall–Kier alpha value is -2.22. The zero-order valence-electron chi connectivity index (χ0n) is 12.8. The molecule has 2 aromatic carbocycles. The van der Waals surface area contributed by atoms with Crippen molar-refractivity contribution in [3.05, 3.63) is 74.5 Å². The van der Waals surface area contributed by atoms with E-state index in [9.17, 15) is 4.79 Å². The lowest BCUT2D eigenvalue weighted by molar-refractivity contribution is 0.705. The maximum absolute atomic E-state index is 12.4. The molecule has 1 heterocycles. The zero-order chi connectivity index (χ0) is 17.8. The third kappa shape index (κ3) is 4.07. The zero-order valence-corrected chi connectivity index (χ0v) is 15.1. The highest BCUT2D eigenvalue weighted by molar-refractivity contribution is 7.98. The number of hydrogen-bond acceptors (Lipinski definition) is 6. The van der Waals surface area contributed by atoms with Gasteiger partial charge in [-0.2, -0.15) is 4.68 Å². The van der Waals surface area contributed by atoms with E-state index >= 15 is 0 Å². The maximum Gasteiger partial charge on any atom is 0.315 e. The van der Waals surface area contributed by atoms with Gasteiger partial charge in [0.15, 0.2) is 0 Å². The van der Waals surface area contributed by atoms with Crippen LogP contribution in [0.3, 0.4) is 0 Å². The number of thioether (sulfide) groups is 1. The molecule has 0 atom stereocenters. The standard InChI is InChI=1S/C16H13Cl2N5OS/c17-11-6-2-1-5-10(11)9-25-16-22-21-14(15(24)23(16)19)20-13-8-4-3-7-12(13)18/h1-8H,9,19H2,(H,20,21). The summed E-state index contributed by atoms with van der Waals surface area (Å²) in [6.07, 6.45) is 0. The first-order valence-electron chi connectivity index (χ1n) is 7.19. The van der Waals surface area contributed by atoms with Crippen LogP contribution in [0.25, 0.3) is 0 Å². The second-order valence-electron chi connectivity index (χ2n) is 4.99. The number of nitrogens with zero attached hydrogens (tertiary/aromatic N) is 3. The SMILES string of the molecule is Nn1c(SCc2ccccc2Cl)nnc(Nc2ccccc2Cl)c1=O. The molecule has 0 amide bonds. The van der Waals surface area contributed by atoms with Crippen LogP contribution in [0, 0.1) is 0 Å². The fourth-order valence-corrected chi connectivity index (χ4v) is 3.33. The van der Waals surface area contributed by atoms with E-state index in [1.165, 1.54) is 11.8 Å². The van der Waals surface area contributed by atoms with E-state index < -0.39 is 5.56 Å². The molecule has 0 saturated heterocycles. The molecule has 1 aromatic heterocycles. The minimum Gasteiger partial charge on any atom is -0.334 e. The molecule has 3 rings (SSSR count). The Labute approximate surface area is 157 Å². The lowest BCUT2D eigenvalue weighted by Crippen LogP contribution is -2.32. The van der Waals surface area contributed by atoms with Crippen LogP contribution in [0.15, 0.2) is 58.5 Å². The van der Waals surface area contributed by atoms with Gasteiger partial charge in [0.05, 0.1) is 10.7 Å². The van der Waals surface area contributed by atoms with Crippen LogP contribution in [-0.4, -0.2) is 14.9 Å². The summed E-state index contributed by atoms with van der Waals surface area (Å²) in [5.41, 5.74) is 0.963. The molecule has 0 bridgehead atoms. The second-order valence-corrected chi connectivity index (χ2v) is 6.75. The van der Waals surface area contributed by atoms with Crippen LogP contribution in [0.4, 0.5) is 11.5 Å². The highest BCUT2D eigenvalue weighted by atomic mass is 35.5. The molecular formula is C16H13Cl2N5OS. The molecule has 3 aromatic rings. The number of nitrogens with one attached hydrogen (secondary N) is 1. The van der Waals surface area contributed by atoms with E-state index in [0.29, 0.717) is 21.5 Å². The Morgan fingerprint density at radius 3 is 2.44 bits per heavy atom. The van der Waals surface area contributed by atoms with Gasteiger partial charge in [-0.05, 0) is 23.8 Å². The molecule has 0 aliphatic rings. The van der Waals surface area contributed by atoms with Gasteiger partial charge in [0.2, 0.25) is 11.0 Å². The average Bonchev–Trinajstić information content (AvgIpc) is 2.61. The van der Waals surface area contributed by atoms with Gasteiger partial charge in [0.1, 0.15) is 0 Å². The first-order valence-corrected chi connectivity index (χ1v) is 8.93. The summed E-state index contributed by atoms with van der Waals surface area (Å²) in [5.74, 6) is 6.37. The number of hydrogen-bond donors (Lipinski definition) is 2. The van der Waals surface area contributed by atoms with Gasteiger partial charge in [-0.15, -0.1) is 10.2 Å². The quantitative estimate of drug-likeness (QED) is 0.507. The molecular weight excluding hydrogens is 381 g/mol. The van der Waals surface area contributed by atoms with E-state index in [-0.39, 0.29) is 11.0 Å². The number of rotatable bonds is 5. The highest BCUT2D eigenvalue weighted by Gasteiger charge is 2.12. The van der Waals surface area contributed by atoms with Gasteiger partial charge in [0.25, 0.3) is 0 Å². The predicted molar refractivity (Wildman–Crippen MR) is 102 cm³/mol. The highest BCUT2D eigenvalue weighted by Crippen LogP contribution is 2.25. The molecule has 128 valence electrons. The van der Waals surface area contributed by atoms with Crippen LogP contribution >= 0.6 is 35.0 Å². The number of nitrogens with two attached hydrogens (primary N) is 1. The molecule has 25 heavy (non-hydrogen) atoms. The Balaban J connectivity index is 1.80. The molecule has 0 aliphatic carbocycles. The monoisotopic (exact) mass is 393 g/mol. The van der Waals surface area contributed by atoms with Crippen LogP contribution in [0.1, 0.15) is 5.56 Å². The molecule has 0 saturated carbocycles. The molecule has 0 spiro atoms. The minimum atomic E-state index is -0.503. The van der Waals surface area contributed by atoms with Crippen molar-refractivity contribution in [1.29, 1.82) is 0 Å². The van der Waals surface area contributed by atoms with E-state index in [4.69, 9.17) is 29.0 Å². The fourth-order valence-electron chi connectivity index (χ4n) is 2.01. The number of halogens is 2. The van der Waals surface area contributed by atoms with Gasteiger partial charge in [-0.25, -0.2) is 0 Å². The fraction of sp³-hybridized carbons (Fsp3) is 0.0625. The molecule has 0 unspecified atom stereocenters. The maximum atomic E-state index is 12.4. The van der Waals surface area contributed by atoms with Crippen molar-refractivity contribution in [2.24, 2.45) is 0 Å². The Morgan fingerprint density at radius 2 is 1.72 bits per heavy atom. The number of nitrogen functional groups attached to an aromatic ring is 1. The van der Waals surface area contributed by atoms with Crippen LogP contribution in [0.2, 0.25) is 10.0 Å². The number of para-hydroxylation sites is 1. The first kappa shape index (κ1) is 17.6. The first-order chi connectivity index (χ1) is 12.1. The summed E-state index contributed by atoms with van der Waals surface area (Å²) in [5, 5.41) is 12.2. The smallest absolute Gasteiger partial charge is 0.315 e. The van der Waals surface area contributed by atoms with Crippen molar-refractivity contribution in [2.45, 2.75) is 10.9 Å².